The van der Waals surface area contributed by atoms with E-state index in [1.165, 1.54) is 183 Å². The summed E-state index contributed by atoms with van der Waals surface area (Å²) in [6.45, 7) is 0. The zero-order valence-corrected chi connectivity index (χ0v) is 56.9. The van der Waals surface area contributed by atoms with Gasteiger partial charge in [-0.1, -0.05) is 249 Å². The molecule has 22 aromatic rings. The number of benzene rings is 16. The van der Waals surface area contributed by atoms with Crippen molar-refractivity contribution < 1.29 is 0 Å². The molecule has 0 saturated carbocycles. The second kappa shape index (κ2) is 23.4. The lowest BCUT2D eigenvalue weighted by Gasteiger charge is -2.12. The number of para-hydroxylation sites is 4. The zero-order valence-electron chi connectivity index (χ0n) is 55.2. The molecule has 16 aromatic carbocycles. The number of aromatic nitrogens is 4. The number of hydrogen-bond acceptors (Lipinski definition) is 2. The maximum absolute atomic E-state index is 2.50. The summed E-state index contributed by atoms with van der Waals surface area (Å²) in [5, 5.41) is 15.4. The van der Waals surface area contributed by atoms with Gasteiger partial charge in [0, 0.05) is 106 Å². The molecule has 102 heavy (non-hydrogen) atoms. The van der Waals surface area contributed by atoms with Crippen LogP contribution in [-0.2, 0) is 0 Å². The topological polar surface area (TPSA) is 19.7 Å². The molecule has 6 aromatic heterocycles. The van der Waals surface area contributed by atoms with Crippen LogP contribution in [0.3, 0.4) is 0 Å². The van der Waals surface area contributed by atoms with Crippen LogP contribution in [0.25, 0.3) is 195 Å². The molecule has 22 rings (SSSR count). The van der Waals surface area contributed by atoms with Crippen molar-refractivity contribution in [2.24, 2.45) is 0 Å². The molecule has 476 valence electrons. The minimum atomic E-state index is 1.15. The third kappa shape index (κ3) is 9.20. The van der Waals surface area contributed by atoms with Gasteiger partial charge >= 0.3 is 0 Å². The molecule has 0 amide bonds. The maximum atomic E-state index is 2.50. The van der Waals surface area contributed by atoms with Gasteiger partial charge in [-0.05, 0) is 160 Å². The monoisotopic (exact) mass is 1330 g/mol. The van der Waals surface area contributed by atoms with Crippen molar-refractivity contribution in [3.63, 3.8) is 0 Å². The fourth-order valence-electron chi connectivity index (χ4n) is 16.4. The molecule has 0 unspecified atom stereocenters. The third-order valence-electron chi connectivity index (χ3n) is 21.0. The summed E-state index contributed by atoms with van der Waals surface area (Å²) >= 11 is 3.76. The lowest BCUT2D eigenvalue weighted by molar-refractivity contribution is 1.17. The largest absolute Gasteiger partial charge is 0.309 e. The smallest absolute Gasteiger partial charge is 0.0634 e. The fourth-order valence-corrected chi connectivity index (χ4v) is 18.6. The van der Waals surface area contributed by atoms with Gasteiger partial charge in [-0.3, -0.25) is 0 Å². The highest BCUT2D eigenvalue weighted by Crippen LogP contribution is 2.48. The molecule has 0 aliphatic carbocycles. The second-order valence-electron chi connectivity index (χ2n) is 26.7. The highest BCUT2D eigenvalue weighted by Gasteiger charge is 2.25. The Bertz CT molecular complexity index is 7070. The van der Waals surface area contributed by atoms with Gasteiger partial charge in [-0.2, -0.15) is 0 Å². The Hall–Kier alpha value is -12.8. The molecule has 0 radical (unpaired) electrons. The van der Waals surface area contributed by atoms with E-state index < -0.39 is 0 Å². The first-order chi connectivity index (χ1) is 50.6. The van der Waals surface area contributed by atoms with Crippen LogP contribution in [0.2, 0.25) is 0 Å². The molecule has 0 aliphatic rings. The Labute approximate surface area is 595 Å². The molecular formula is C96H60N4S2. The van der Waals surface area contributed by atoms with Crippen LogP contribution in [0, 0.1) is 0 Å². The van der Waals surface area contributed by atoms with E-state index in [4.69, 9.17) is 0 Å². The lowest BCUT2D eigenvalue weighted by atomic mass is 9.99. The van der Waals surface area contributed by atoms with Gasteiger partial charge < -0.3 is 18.3 Å². The molecule has 0 spiro atoms. The van der Waals surface area contributed by atoms with E-state index in [0.29, 0.717) is 0 Å². The summed E-state index contributed by atoms with van der Waals surface area (Å²) < 4.78 is 15.2. The summed E-state index contributed by atoms with van der Waals surface area (Å²) in [6, 6.07) is 133. The first-order valence-corrected chi connectivity index (χ1v) is 36.5. The van der Waals surface area contributed by atoms with Gasteiger partial charge in [0.15, 0.2) is 0 Å². The molecule has 0 fully saturated rings. The van der Waals surface area contributed by atoms with Crippen LogP contribution in [0.15, 0.2) is 364 Å². The average molecular weight is 1330 g/mol. The van der Waals surface area contributed by atoms with E-state index in [9.17, 15) is 0 Å². The van der Waals surface area contributed by atoms with E-state index >= 15 is 0 Å². The Morgan fingerprint density at radius 1 is 0.157 bits per heavy atom. The van der Waals surface area contributed by atoms with E-state index in [0.717, 1.165) is 11.4 Å². The molecule has 0 saturated heterocycles. The fraction of sp³-hybridized carbons (Fsp3) is 0. The van der Waals surface area contributed by atoms with Crippen LogP contribution in [-0.4, -0.2) is 18.3 Å². The third-order valence-corrected chi connectivity index (χ3v) is 23.3. The Kier molecular flexibility index (Phi) is 13.3. The first kappa shape index (κ1) is 58.2. The summed E-state index contributed by atoms with van der Waals surface area (Å²) in [7, 11) is 0. The van der Waals surface area contributed by atoms with Gasteiger partial charge in [0.25, 0.3) is 0 Å². The number of fused-ring (bicyclic) bond motifs is 20. The van der Waals surface area contributed by atoms with Gasteiger partial charge in [0.2, 0.25) is 0 Å². The van der Waals surface area contributed by atoms with E-state index in [-0.39, 0.29) is 0 Å². The SMILES string of the molecule is c1ccc(-c2ccc(-c3cccc(-n4c5ccccc5c5cc6c7ccc8sc9ccccc9c8c7n(-c7ccccc7)c6cc54)c3)cc2)cc1.c1ccc(-c2cccc(-c3ccc(-n4c5ccccc5c5cc6c7ccc8sc9ccccc9c8c7n(-c7ccccc7)c6cc54)cc3)c2)cc1. The highest BCUT2D eigenvalue weighted by atomic mass is 32.1. The van der Waals surface area contributed by atoms with Gasteiger partial charge in [0.05, 0.1) is 44.1 Å². The maximum Gasteiger partial charge on any atom is 0.0634 e. The van der Waals surface area contributed by atoms with Crippen LogP contribution in [0.5, 0.6) is 0 Å². The molecule has 0 aliphatic heterocycles. The molecule has 6 heteroatoms. The van der Waals surface area contributed by atoms with Crippen LogP contribution in [0.4, 0.5) is 0 Å². The molecule has 4 nitrogen and oxygen atoms in total. The van der Waals surface area contributed by atoms with E-state index in [1.54, 1.807) is 0 Å². The summed E-state index contributed by atoms with van der Waals surface area (Å²) in [5.74, 6) is 0. The predicted octanol–water partition coefficient (Wildman–Crippen LogP) is 27.2. The lowest BCUT2D eigenvalue weighted by Crippen LogP contribution is -1.96. The van der Waals surface area contributed by atoms with Crippen molar-refractivity contribution in [2.45, 2.75) is 0 Å². The summed E-state index contributed by atoms with van der Waals surface area (Å²) in [6.07, 6.45) is 0. The Balaban J connectivity index is 0.000000133. The predicted molar refractivity (Wildman–Crippen MR) is 438 cm³/mol. The molecule has 6 heterocycles. The van der Waals surface area contributed by atoms with Gasteiger partial charge in [-0.25, -0.2) is 0 Å². The normalized spacial score (nSPS) is 11.9. The minimum Gasteiger partial charge on any atom is -0.309 e. The van der Waals surface area contributed by atoms with Crippen molar-refractivity contribution in [2.75, 3.05) is 0 Å². The number of rotatable bonds is 8. The van der Waals surface area contributed by atoms with Crippen LogP contribution < -0.4 is 0 Å². The van der Waals surface area contributed by atoms with E-state index in [2.05, 4.69) is 382 Å². The van der Waals surface area contributed by atoms with Gasteiger partial charge in [0.1, 0.15) is 0 Å². The van der Waals surface area contributed by atoms with Crippen molar-refractivity contribution in [3.05, 3.63) is 364 Å². The van der Waals surface area contributed by atoms with Gasteiger partial charge in [-0.15, -0.1) is 22.7 Å². The molecule has 0 N–H and O–H groups in total. The minimum absolute atomic E-state index is 1.15. The molecular weight excluding hydrogens is 1270 g/mol. The number of nitrogens with zero attached hydrogens (tertiary/aromatic N) is 4. The van der Waals surface area contributed by atoms with Crippen molar-refractivity contribution in [3.8, 4) is 67.3 Å². The highest BCUT2D eigenvalue weighted by molar-refractivity contribution is 7.26. The Morgan fingerprint density at radius 3 is 0.971 bits per heavy atom. The van der Waals surface area contributed by atoms with Crippen molar-refractivity contribution in [1.82, 2.24) is 18.3 Å². The zero-order chi connectivity index (χ0) is 66.9. The summed E-state index contributed by atoms with van der Waals surface area (Å²) in [5.41, 5.74) is 24.2. The molecule has 0 bridgehead atoms. The van der Waals surface area contributed by atoms with Crippen LogP contribution >= 0.6 is 22.7 Å². The molecule has 0 atom stereocenters. The quantitative estimate of drug-likeness (QED) is 0.144. The van der Waals surface area contributed by atoms with Crippen molar-refractivity contribution in [1.29, 1.82) is 0 Å². The number of hydrogen-bond donors (Lipinski definition) is 0. The summed E-state index contributed by atoms with van der Waals surface area (Å²) in [4.78, 5) is 0. The second-order valence-corrected chi connectivity index (χ2v) is 28.8. The standard InChI is InChI=1S/2C48H30N2S/c1-3-12-31(13-4-1)33-14-11-15-34(28-33)32-22-24-36(25-23-32)49-42-20-9-7-18-37(42)40-29-41-38-26-27-46-47(39-19-8-10-21-45(39)51-46)48(38)50(44(41)30-43(40)49)35-16-5-2-6-17-35;1-3-12-31(13-4-1)32-22-24-33(25-23-32)34-14-11-17-36(28-34)49-42-20-9-7-18-37(42)40-29-41-38-26-27-46-47(39-19-8-10-21-45(39)51-46)48(38)50(44(41)30-43(40)49)35-15-5-2-6-16-35/h2*1-30H. The average Bonchev–Trinajstić information content (AvgIpc) is 1.55. The number of thiophene rings is 2. The Morgan fingerprint density at radius 2 is 0.480 bits per heavy atom. The first-order valence-electron chi connectivity index (χ1n) is 34.9. The van der Waals surface area contributed by atoms with E-state index in [1.807, 2.05) is 22.7 Å². The van der Waals surface area contributed by atoms with Crippen LogP contribution in [0.1, 0.15) is 0 Å². The van der Waals surface area contributed by atoms with Crippen molar-refractivity contribution >= 4 is 150 Å².